The molecule has 6 heteroatoms. The van der Waals surface area contributed by atoms with Gasteiger partial charge in [-0.1, -0.05) is 6.07 Å². The van der Waals surface area contributed by atoms with Crippen LogP contribution in [0.25, 0.3) is 0 Å². The predicted octanol–water partition coefficient (Wildman–Crippen LogP) is 1.79. The molecule has 2 aliphatic heterocycles. The number of nitrogens with zero attached hydrogens (tertiary/aromatic N) is 3. The number of hydrogen-bond acceptors (Lipinski definition) is 4. The van der Waals surface area contributed by atoms with E-state index in [1.54, 1.807) is 18.0 Å². The van der Waals surface area contributed by atoms with Gasteiger partial charge in [-0.15, -0.1) is 0 Å². The number of thioether (sulfide) groups is 1. The summed E-state index contributed by atoms with van der Waals surface area (Å²) in [6.45, 7) is 2.72. The first-order valence-electron chi connectivity index (χ1n) is 8.10. The Labute approximate surface area is 141 Å². The van der Waals surface area contributed by atoms with Crippen LogP contribution in [0.4, 0.5) is 0 Å². The minimum atomic E-state index is -0.353. The molecule has 3 rings (SSSR count). The number of likely N-dealkylation sites (tertiary alicyclic amines) is 2. The Bertz CT molecular complexity index is 580. The Kier molecular flexibility index (Phi) is 4.90. The molecule has 0 bridgehead atoms. The van der Waals surface area contributed by atoms with Gasteiger partial charge < -0.3 is 9.80 Å². The van der Waals surface area contributed by atoms with Crippen LogP contribution in [0.5, 0.6) is 0 Å². The van der Waals surface area contributed by atoms with Crippen LogP contribution in [0, 0.1) is 5.41 Å². The van der Waals surface area contributed by atoms with Gasteiger partial charge in [-0.05, 0) is 37.1 Å². The summed E-state index contributed by atoms with van der Waals surface area (Å²) < 4.78 is 0. The van der Waals surface area contributed by atoms with Crippen LogP contribution in [-0.4, -0.2) is 58.2 Å². The van der Waals surface area contributed by atoms with Crippen molar-refractivity contribution in [1.29, 1.82) is 0 Å². The third-order valence-electron chi connectivity index (χ3n) is 4.89. The van der Waals surface area contributed by atoms with Crippen LogP contribution in [0.1, 0.15) is 24.8 Å². The van der Waals surface area contributed by atoms with E-state index in [0.29, 0.717) is 25.4 Å². The molecule has 0 N–H and O–H groups in total. The van der Waals surface area contributed by atoms with E-state index in [2.05, 4.69) is 4.98 Å². The molecule has 1 aromatic rings. The monoisotopic (exact) mass is 333 g/mol. The Morgan fingerprint density at radius 3 is 3.00 bits per heavy atom. The Morgan fingerprint density at radius 1 is 1.39 bits per heavy atom. The van der Waals surface area contributed by atoms with Gasteiger partial charge in [0.15, 0.2) is 0 Å². The quantitative estimate of drug-likeness (QED) is 0.843. The second-order valence-electron chi connectivity index (χ2n) is 6.47. The summed E-state index contributed by atoms with van der Waals surface area (Å²) in [4.78, 5) is 33.1. The fourth-order valence-corrected chi connectivity index (χ4v) is 4.12. The van der Waals surface area contributed by atoms with Crippen molar-refractivity contribution in [3.63, 3.8) is 0 Å². The zero-order valence-corrected chi connectivity index (χ0v) is 14.3. The number of rotatable bonds is 4. The molecule has 3 heterocycles. The molecule has 1 aromatic heterocycles. The highest BCUT2D eigenvalue weighted by atomic mass is 32.2. The van der Waals surface area contributed by atoms with Crippen molar-refractivity contribution in [3.8, 4) is 0 Å². The summed E-state index contributed by atoms with van der Waals surface area (Å²) in [6.07, 6.45) is 8.21. The molecule has 1 spiro atoms. The first-order chi connectivity index (χ1) is 11.1. The summed E-state index contributed by atoms with van der Waals surface area (Å²) in [5, 5.41) is 0. The van der Waals surface area contributed by atoms with Gasteiger partial charge >= 0.3 is 0 Å². The predicted molar refractivity (Wildman–Crippen MR) is 90.9 cm³/mol. The smallest absolute Gasteiger partial charge is 0.232 e. The van der Waals surface area contributed by atoms with Crippen molar-refractivity contribution in [2.24, 2.45) is 5.41 Å². The molecule has 5 nitrogen and oxygen atoms in total. The number of pyridine rings is 1. The van der Waals surface area contributed by atoms with Gasteiger partial charge in [0.2, 0.25) is 11.8 Å². The molecule has 2 fully saturated rings. The molecule has 0 aliphatic carbocycles. The van der Waals surface area contributed by atoms with E-state index in [-0.39, 0.29) is 17.2 Å². The van der Waals surface area contributed by atoms with Gasteiger partial charge in [0.25, 0.3) is 0 Å². The normalized spacial score (nSPS) is 24.5. The lowest BCUT2D eigenvalue weighted by Crippen LogP contribution is -2.50. The van der Waals surface area contributed by atoms with Crippen LogP contribution in [0.3, 0.4) is 0 Å². The van der Waals surface area contributed by atoms with Gasteiger partial charge in [-0.3, -0.25) is 14.6 Å². The number of carbonyl (C=O) groups excluding carboxylic acids is 2. The van der Waals surface area contributed by atoms with E-state index in [1.165, 1.54) is 0 Å². The fraction of sp³-hybridized carbons (Fsp3) is 0.588. The number of piperidine rings is 1. The van der Waals surface area contributed by atoms with E-state index in [9.17, 15) is 9.59 Å². The van der Waals surface area contributed by atoms with Crippen LogP contribution in [0.2, 0.25) is 0 Å². The maximum atomic E-state index is 13.0. The van der Waals surface area contributed by atoms with Crippen molar-refractivity contribution >= 4 is 23.6 Å². The summed E-state index contributed by atoms with van der Waals surface area (Å²) in [5.74, 6) is 0.877. The van der Waals surface area contributed by atoms with Crippen molar-refractivity contribution in [2.45, 2.75) is 25.8 Å². The van der Waals surface area contributed by atoms with Gasteiger partial charge in [-0.25, -0.2) is 0 Å². The second kappa shape index (κ2) is 6.91. The summed E-state index contributed by atoms with van der Waals surface area (Å²) in [6, 6.07) is 3.91. The molecule has 1 atom stereocenters. The molecule has 1 unspecified atom stereocenters. The van der Waals surface area contributed by atoms with Crippen LogP contribution in [-0.2, 0) is 16.1 Å². The average Bonchev–Trinajstić information content (AvgIpc) is 2.99. The molecule has 0 saturated carbocycles. The third kappa shape index (κ3) is 3.37. The number of aromatic nitrogens is 1. The van der Waals surface area contributed by atoms with Crippen molar-refractivity contribution < 1.29 is 9.59 Å². The van der Waals surface area contributed by atoms with Gasteiger partial charge in [0.1, 0.15) is 0 Å². The number of hydrogen-bond donors (Lipinski definition) is 0. The standard InChI is InChI=1S/C17H23N3O2S/c1-23-12-15(21)20-9-6-17(13-20)5-3-8-19(16(17)22)11-14-4-2-7-18-10-14/h2,4,7,10H,3,5-6,8-9,11-13H2,1H3. The van der Waals surface area contributed by atoms with E-state index in [4.69, 9.17) is 0 Å². The van der Waals surface area contributed by atoms with Crippen LogP contribution in [0.15, 0.2) is 24.5 Å². The van der Waals surface area contributed by atoms with Gasteiger partial charge in [0.05, 0.1) is 11.2 Å². The highest BCUT2D eigenvalue weighted by Crippen LogP contribution is 2.40. The summed E-state index contributed by atoms with van der Waals surface area (Å²) in [7, 11) is 0. The number of amides is 2. The Balaban J connectivity index is 1.69. The lowest BCUT2D eigenvalue weighted by Gasteiger charge is -2.39. The molecular weight excluding hydrogens is 310 g/mol. The molecular formula is C17H23N3O2S. The fourth-order valence-electron chi connectivity index (χ4n) is 3.69. The third-order valence-corrected chi connectivity index (χ3v) is 5.43. The average molecular weight is 333 g/mol. The second-order valence-corrected chi connectivity index (χ2v) is 7.34. The van der Waals surface area contributed by atoms with Gasteiger partial charge in [-0.2, -0.15) is 11.8 Å². The molecule has 2 saturated heterocycles. The lowest BCUT2D eigenvalue weighted by atomic mass is 9.78. The minimum absolute atomic E-state index is 0.159. The lowest BCUT2D eigenvalue weighted by molar-refractivity contribution is -0.146. The SMILES string of the molecule is CSCC(=O)N1CCC2(CCCN(Cc3cccnc3)C2=O)C1. The number of carbonyl (C=O) groups is 2. The van der Waals surface area contributed by atoms with E-state index in [1.807, 2.05) is 34.4 Å². The van der Waals surface area contributed by atoms with E-state index in [0.717, 1.165) is 31.4 Å². The minimum Gasteiger partial charge on any atom is -0.341 e. The maximum absolute atomic E-state index is 13.0. The highest BCUT2D eigenvalue weighted by Gasteiger charge is 2.49. The molecule has 124 valence electrons. The first-order valence-corrected chi connectivity index (χ1v) is 9.49. The largest absolute Gasteiger partial charge is 0.341 e. The molecule has 0 radical (unpaired) electrons. The van der Waals surface area contributed by atoms with E-state index >= 15 is 0 Å². The van der Waals surface area contributed by atoms with Gasteiger partial charge in [0, 0.05) is 38.6 Å². The van der Waals surface area contributed by atoms with Crippen LogP contribution >= 0.6 is 11.8 Å². The van der Waals surface area contributed by atoms with Crippen molar-refractivity contribution in [1.82, 2.24) is 14.8 Å². The Morgan fingerprint density at radius 2 is 2.26 bits per heavy atom. The maximum Gasteiger partial charge on any atom is 0.232 e. The summed E-state index contributed by atoms with van der Waals surface area (Å²) >= 11 is 1.54. The first kappa shape index (κ1) is 16.3. The summed E-state index contributed by atoms with van der Waals surface area (Å²) in [5.41, 5.74) is 0.709. The zero-order chi connectivity index (χ0) is 16.3. The van der Waals surface area contributed by atoms with Crippen molar-refractivity contribution in [3.05, 3.63) is 30.1 Å². The Hall–Kier alpha value is -1.56. The van der Waals surface area contributed by atoms with Crippen LogP contribution < -0.4 is 0 Å². The molecule has 2 aliphatic rings. The molecule has 23 heavy (non-hydrogen) atoms. The topological polar surface area (TPSA) is 53.5 Å². The zero-order valence-electron chi connectivity index (χ0n) is 13.5. The van der Waals surface area contributed by atoms with Crippen molar-refractivity contribution in [2.75, 3.05) is 31.6 Å². The highest BCUT2D eigenvalue weighted by molar-refractivity contribution is 7.99. The van der Waals surface area contributed by atoms with E-state index < -0.39 is 0 Å². The molecule has 2 amide bonds. The molecule has 0 aromatic carbocycles.